The zero-order valence-corrected chi connectivity index (χ0v) is 10.6. The summed E-state index contributed by atoms with van der Waals surface area (Å²) in [5, 5.41) is 3.48. The molecule has 2 aromatic heterocycles. The quantitative estimate of drug-likeness (QED) is 0.787. The highest BCUT2D eigenvalue weighted by Crippen LogP contribution is 2.33. The van der Waals surface area contributed by atoms with Crippen LogP contribution >= 0.6 is 22.9 Å². The number of aromatic nitrogens is 2. The van der Waals surface area contributed by atoms with Crippen molar-refractivity contribution in [2.24, 2.45) is 5.92 Å². The van der Waals surface area contributed by atoms with Crippen molar-refractivity contribution in [1.82, 2.24) is 9.97 Å². The van der Waals surface area contributed by atoms with Gasteiger partial charge in [0.05, 0.1) is 5.39 Å². The maximum Gasteiger partial charge on any atom is 0.225 e. The fraction of sp³-hybridized carbons (Fsp3) is 0.455. The Morgan fingerprint density at radius 2 is 2.31 bits per heavy atom. The van der Waals surface area contributed by atoms with Crippen LogP contribution in [0.1, 0.15) is 12.8 Å². The van der Waals surface area contributed by atoms with E-state index in [9.17, 15) is 0 Å². The maximum atomic E-state index is 5.93. The average molecular weight is 254 g/mol. The lowest BCUT2D eigenvalue weighted by atomic mass is 10.3. The maximum absolute atomic E-state index is 5.93. The van der Waals surface area contributed by atoms with Crippen molar-refractivity contribution in [3.8, 4) is 0 Å². The monoisotopic (exact) mass is 253 g/mol. The first kappa shape index (κ1) is 10.3. The van der Waals surface area contributed by atoms with E-state index in [4.69, 9.17) is 11.6 Å². The molecule has 84 valence electrons. The van der Waals surface area contributed by atoms with Gasteiger partial charge in [-0.15, -0.1) is 11.3 Å². The number of halogens is 1. The van der Waals surface area contributed by atoms with E-state index >= 15 is 0 Å². The SMILES string of the molecule is CN(CC1CC1)c1nc(Cl)nc2sccc12. The lowest BCUT2D eigenvalue weighted by molar-refractivity contribution is 0.779. The van der Waals surface area contributed by atoms with Crippen LogP contribution in [0.4, 0.5) is 5.82 Å². The first-order valence-corrected chi connectivity index (χ1v) is 6.61. The summed E-state index contributed by atoms with van der Waals surface area (Å²) in [7, 11) is 2.08. The Balaban J connectivity index is 2.02. The van der Waals surface area contributed by atoms with Gasteiger partial charge in [-0.05, 0) is 41.8 Å². The van der Waals surface area contributed by atoms with Crippen LogP contribution in [0.25, 0.3) is 10.2 Å². The molecule has 0 atom stereocenters. The van der Waals surface area contributed by atoms with Crippen molar-refractivity contribution in [3.63, 3.8) is 0 Å². The normalized spacial score (nSPS) is 15.6. The molecule has 2 heterocycles. The Kier molecular flexibility index (Phi) is 2.48. The number of anilines is 1. The van der Waals surface area contributed by atoms with Crippen LogP contribution in [0.3, 0.4) is 0 Å². The van der Waals surface area contributed by atoms with Crippen LogP contribution < -0.4 is 4.90 Å². The Morgan fingerprint density at radius 3 is 3.06 bits per heavy atom. The largest absolute Gasteiger partial charge is 0.359 e. The Labute approximate surface area is 103 Å². The number of rotatable bonds is 3. The Bertz CT molecular complexity index is 521. The second-order valence-corrected chi connectivity index (χ2v) is 5.51. The minimum Gasteiger partial charge on any atom is -0.359 e. The minimum absolute atomic E-state index is 0.340. The van der Waals surface area contributed by atoms with Crippen LogP contribution in [-0.4, -0.2) is 23.6 Å². The molecule has 0 aliphatic heterocycles. The molecule has 0 saturated heterocycles. The number of thiophene rings is 1. The van der Waals surface area contributed by atoms with Gasteiger partial charge in [-0.3, -0.25) is 0 Å². The third-order valence-corrected chi connectivity index (χ3v) is 3.84. The van der Waals surface area contributed by atoms with E-state index in [2.05, 4.69) is 28.0 Å². The fourth-order valence-corrected chi connectivity index (χ4v) is 2.85. The van der Waals surface area contributed by atoms with Crippen molar-refractivity contribution in [3.05, 3.63) is 16.7 Å². The van der Waals surface area contributed by atoms with Gasteiger partial charge in [-0.2, -0.15) is 4.98 Å². The molecule has 0 aromatic carbocycles. The first-order valence-electron chi connectivity index (χ1n) is 5.36. The van der Waals surface area contributed by atoms with Gasteiger partial charge in [-0.25, -0.2) is 4.98 Å². The van der Waals surface area contributed by atoms with Crippen molar-refractivity contribution in [1.29, 1.82) is 0 Å². The first-order chi connectivity index (χ1) is 7.74. The summed E-state index contributed by atoms with van der Waals surface area (Å²) in [4.78, 5) is 11.7. The van der Waals surface area contributed by atoms with E-state index in [-0.39, 0.29) is 0 Å². The molecule has 1 fully saturated rings. The predicted molar refractivity (Wildman–Crippen MR) is 68.4 cm³/mol. The number of nitrogens with zero attached hydrogens (tertiary/aromatic N) is 3. The molecule has 5 heteroatoms. The summed E-state index contributed by atoms with van der Waals surface area (Å²) < 4.78 is 0. The molecule has 1 aliphatic carbocycles. The summed E-state index contributed by atoms with van der Waals surface area (Å²) in [5.41, 5.74) is 0. The Hall–Kier alpha value is -0.870. The molecular formula is C11H12ClN3S. The van der Waals surface area contributed by atoms with E-state index in [0.29, 0.717) is 5.28 Å². The van der Waals surface area contributed by atoms with Crippen molar-refractivity contribution >= 4 is 39.0 Å². The van der Waals surface area contributed by atoms with Crippen LogP contribution in [0.15, 0.2) is 11.4 Å². The molecule has 1 aliphatic rings. The predicted octanol–water partition coefficient (Wildman–Crippen LogP) is 3.19. The third kappa shape index (κ3) is 1.87. The molecule has 3 nitrogen and oxygen atoms in total. The molecule has 0 bridgehead atoms. The van der Waals surface area contributed by atoms with Crippen LogP contribution in [0, 0.1) is 5.92 Å². The van der Waals surface area contributed by atoms with E-state index < -0.39 is 0 Å². The number of hydrogen-bond donors (Lipinski definition) is 0. The molecule has 0 amide bonds. The highest BCUT2D eigenvalue weighted by Gasteiger charge is 2.24. The lowest BCUT2D eigenvalue weighted by Gasteiger charge is -2.18. The summed E-state index contributed by atoms with van der Waals surface area (Å²) in [5.74, 6) is 1.80. The van der Waals surface area contributed by atoms with Gasteiger partial charge in [0.1, 0.15) is 10.6 Å². The summed E-state index contributed by atoms with van der Waals surface area (Å²) in [6, 6.07) is 2.06. The molecule has 1 saturated carbocycles. The summed E-state index contributed by atoms with van der Waals surface area (Å²) in [6.45, 7) is 1.07. The van der Waals surface area contributed by atoms with Gasteiger partial charge in [0, 0.05) is 13.6 Å². The van der Waals surface area contributed by atoms with Crippen molar-refractivity contribution in [2.75, 3.05) is 18.5 Å². The lowest BCUT2D eigenvalue weighted by Crippen LogP contribution is -2.21. The third-order valence-electron chi connectivity index (χ3n) is 2.87. The summed E-state index contributed by atoms with van der Waals surface area (Å²) >= 11 is 7.54. The highest BCUT2D eigenvalue weighted by atomic mass is 35.5. The van der Waals surface area contributed by atoms with Gasteiger partial charge in [0.15, 0.2) is 0 Å². The molecule has 16 heavy (non-hydrogen) atoms. The molecular weight excluding hydrogens is 242 g/mol. The van der Waals surface area contributed by atoms with Crippen molar-refractivity contribution < 1.29 is 0 Å². The topological polar surface area (TPSA) is 29.0 Å². The van der Waals surface area contributed by atoms with E-state index in [1.54, 1.807) is 11.3 Å². The molecule has 2 aromatic rings. The van der Waals surface area contributed by atoms with Crippen LogP contribution in [-0.2, 0) is 0 Å². The second kappa shape index (κ2) is 3.86. The van der Waals surface area contributed by atoms with Gasteiger partial charge >= 0.3 is 0 Å². The number of hydrogen-bond acceptors (Lipinski definition) is 4. The van der Waals surface area contributed by atoms with Crippen LogP contribution in [0.2, 0.25) is 5.28 Å². The van der Waals surface area contributed by atoms with Gasteiger partial charge in [0.25, 0.3) is 0 Å². The van der Waals surface area contributed by atoms with E-state index in [1.165, 1.54) is 12.8 Å². The van der Waals surface area contributed by atoms with Gasteiger partial charge in [0.2, 0.25) is 5.28 Å². The minimum atomic E-state index is 0.340. The van der Waals surface area contributed by atoms with Gasteiger partial charge in [-0.1, -0.05) is 0 Å². The zero-order chi connectivity index (χ0) is 11.1. The Morgan fingerprint density at radius 1 is 1.50 bits per heavy atom. The number of fused-ring (bicyclic) bond motifs is 1. The van der Waals surface area contributed by atoms with Crippen LogP contribution in [0.5, 0.6) is 0 Å². The standard InChI is InChI=1S/C11H12ClN3S/c1-15(6-7-2-3-7)9-8-4-5-16-10(8)14-11(12)13-9/h4-5,7H,2-3,6H2,1H3. The van der Waals surface area contributed by atoms with Crippen molar-refractivity contribution in [2.45, 2.75) is 12.8 Å². The smallest absolute Gasteiger partial charge is 0.225 e. The average Bonchev–Trinajstić information content (AvgIpc) is 2.93. The van der Waals surface area contributed by atoms with E-state index in [0.717, 1.165) is 28.5 Å². The van der Waals surface area contributed by atoms with E-state index in [1.807, 2.05) is 5.38 Å². The molecule has 0 spiro atoms. The molecule has 0 N–H and O–H groups in total. The second-order valence-electron chi connectivity index (χ2n) is 4.28. The molecule has 0 radical (unpaired) electrons. The fourth-order valence-electron chi connectivity index (χ4n) is 1.88. The highest BCUT2D eigenvalue weighted by molar-refractivity contribution is 7.16. The zero-order valence-electron chi connectivity index (χ0n) is 8.98. The summed E-state index contributed by atoms with van der Waals surface area (Å²) in [6.07, 6.45) is 2.69. The molecule has 0 unspecified atom stereocenters. The van der Waals surface area contributed by atoms with Gasteiger partial charge < -0.3 is 4.90 Å². The molecule has 3 rings (SSSR count).